The predicted molar refractivity (Wildman–Crippen MR) is 109 cm³/mol. The summed E-state index contributed by atoms with van der Waals surface area (Å²) in [6, 6.07) is 0. The monoisotopic (exact) mass is 392 g/mol. The molecule has 28 heavy (non-hydrogen) atoms. The minimum atomic E-state index is -0.684. The number of carbonyl (C=O) groups is 1. The molecule has 0 heterocycles. The molecule has 7 unspecified atom stereocenters. The first-order chi connectivity index (χ1) is 13.2. The molecule has 3 N–H and O–H groups in total. The van der Waals surface area contributed by atoms with Crippen molar-refractivity contribution in [2.24, 2.45) is 46.3 Å². The van der Waals surface area contributed by atoms with Gasteiger partial charge in [-0.15, -0.1) is 0 Å². The predicted octanol–water partition coefficient (Wildman–Crippen LogP) is 4.48. The van der Waals surface area contributed by atoms with E-state index >= 15 is 0 Å². The molecule has 0 aliphatic heterocycles. The second-order valence-corrected chi connectivity index (χ2v) is 11.4. The highest BCUT2D eigenvalue weighted by molar-refractivity contribution is 5.66. The van der Waals surface area contributed by atoms with Gasteiger partial charge in [0, 0.05) is 6.42 Å². The van der Waals surface area contributed by atoms with Gasteiger partial charge in [0.2, 0.25) is 0 Å². The third-order valence-electron chi connectivity index (χ3n) is 10.2. The lowest BCUT2D eigenvalue weighted by molar-refractivity contribution is -0.174. The number of hydrogen-bond acceptors (Lipinski definition) is 3. The van der Waals surface area contributed by atoms with Gasteiger partial charge in [-0.05, 0) is 104 Å². The van der Waals surface area contributed by atoms with Gasteiger partial charge in [-0.1, -0.05) is 20.8 Å². The van der Waals surface area contributed by atoms with Crippen LogP contribution in [0.5, 0.6) is 0 Å². The van der Waals surface area contributed by atoms with Crippen molar-refractivity contribution in [3.63, 3.8) is 0 Å². The van der Waals surface area contributed by atoms with Crippen molar-refractivity contribution < 1.29 is 20.1 Å². The molecule has 0 saturated heterocycles. The van der Waals surface area contributed by atoms with Gasteiger partial charge in [0.25, 0.3) is 0 Å². The standard InChI is InChI=1S/C24H40O4/c1-14(4-7-21(27)28)17-5-6-18-22-19(9-11-24(17,18)3)23(2)10-8-16(25)12-15(23)13-20(22)26/h14-20,22,25-26H,4-13H2,1-3H3,(H,27,28)/t14?,15?,16-,17-,18?,19?,20+,22?,23?,24?/m1/s1. The largest absolute Gasteiger partial charge is 0.481 e. The number of carboxylic acid groups (broad SMARTS) is 1. The molecule has 0 radical (unpaired) electrons. The van der Waals surface area contributed by atoms with Crippen LogP contribution < -0.4 is 0 Å². The summed E-state index contributed by atoms with van der Waals surface area (Å²) in [5.41, 5.74) is 0.523. The Morgan fingerprint density at radius 1 is 1.00 bits per heavy atom. The smallest absolute Gasteiger partial charge is 0.303 e. The number of fused-ring (bicyclic) bond motifs is 5. The van der Waals surface area contributed by atoms with Crippen LogP contribution in [0.4, 0.5) is 0 Å². The number of carboxylic acids is 1. The third-order valence-corrected chi connectivity index (χ3v) is 10.2. The minimum absolute atomic E-state index is 0.179. The fraction of sp³-hybridized carbons (Fsp3) is 0.958. The zero-order chi connectivity index (χ0) is 20.3. The molecule has 4 rings (SSSR count). The Balaban J connectivity index is 1.55. The summed E-state index contributed by atoms with van der Waals surface area (Å²) in [5.74, 6) is 2.36. The number of rotatable bonds is 4. The molecule has 0 aromatic carbocycles. The van der Waals surface area contributed by atoms with E-state index in [9.17, 15) is 15.0 Å². The van der Waals surface area contributed by atoms with E-state index in [0.717, 1.165) is 32.1 Å². The Morgan fingerprint density at radius 2 is 1.68 bits per heavy atom. The van der Waals surface area contributed by atoms with Crippen LogP contribution in [0.2, 0.25) is 0 Å². The second kappa shape index (κ2) is 7.27. The average Bonchev–Trinajstić information content (AvgIpc) is 2.98. The van der Waals surface area contributed by atoms with E-state index in [1.807, 2.05) is 0 Å². The van der Waals surface area contributed by atoms with Gasteiger partial charge in [-0.3, -0.25) is 4.79 Å². The lowest BCUT2D eigenvalue weighted by Gasteiger charge is -2.62. The summed E-state index contributed by atoms with van der Waals surface area (Å²) in [6.07, 6.45) is 9.19. The van der Waals surface area contributed by atoms with Crippen LogP contribution in [0, 0.1) is 46.3 Å². The first-order valence-electron chi connectivity index (χ1n) is 11.7. The van der Waals surface area contributed by atoms with Gasteiger partial charge in [0.15, 0.2) is 0 Å². The molecule has 0 bridgehead atoms. The number of aliphatic hydroxyl groups is 2. The van der Waals surface area contributed by atoms with Gasteiger partial charge in [-0.25, -0.2) is 0 Å². The molecule has 4 aliphatic rings. The normalized spacial score (nSPS) is 51.7. The Bertz CT molecular complexity index is 605. The van der Waals surface area contributed by atoms with E-state index < -0.39 is 5.97 Å². The molecule has 0 aromatic rings. The molecule has 0 aromatic heterocycles. The van der Waals surface area contributed by atoms with Gasteiger partial charge >= 0.3 is 5.97 Å². The summed E-state index contributed by atoms with van der Waals surface area (Å²) < 4.78 is 0. The van der Waals surface area contributed by atoms with E-state index in [1.165, 1.54) is 25.7 Å². The molecular formula is C24H40O4. The van der Waals surface area contributed by atoms with Crippen LogP contribution >= 0.6 is 0 Å². The van der Waals surface area contributed by atoms with E-state index in [2.05, 4.69) is 20.8 Å². The number of aliphatic carboxylic acids is 1. The van der Waals surface area contributed by atoms with Crippen molar-refractivity contribution >= 4 is 5.97 Å². The maximum atomic E-state index is 11.2. The van der Waals surface area contributed by atoms with Crippen molar-refractivity contribution in [1.82, 2.24) is 0 Å². The molecular weight excluding hydrogens is 352 g/mol. The summed E-state index contributed by atoms with van der Waals surface area (Å²) >= 11 is 0. The Labute approximate surface area is 170 Å². The highest BCUT2D eigenvalue weighted by Gasteiger charge is 2.62. The lowest BCUT2D eigenvalue weighted by Crippen LogP contribution is -2.58. The zero-order valence-electron chi connectivity index (χ0n) is 17.9. The minimum Gasteiger partial charge on any atom is -0.481 e. The molecule has 4 nitrogen and oxygen atoms in total. The first-order valence-corrected chi connectivity index (χ1v) is 11.7. The molecule has 4 saturated carbocycles. The van der Waals surface area contributed by atoms with Crippen molar-refractivity contribution in [2.75, 3.05) is 0 Å². The summed E-state index contributed by atoms with van der Waals surface area (Å²) in [4.78, 5) is 11.1. The molecule has 10 atom stereocenters. The Morgan fingerprint density at radius 3 is 2.39 bits per heavy atom. The maximum Gasteiger partial charge on any atom is 0.303 e. The van der Waals surface area contributed by atoms with Crippen molar-refractivity contribution in [3.05, 3.63) is 0 Å². The van der Waals surface area contributed by atoms with E-state index in [4.69, 9.17) is 5.11 Å². The maximum absolute atomic E-state index is 11.2. The second-order valence-electron chi connectivity index (χ2n) is 11.4. The van der Waals surface area contributed by atoms with Crippen LogP contribution in [0.15, 0.2) is 0 Å². The topological polar surface area (TPSA) is 77.8 Å². The molecule has 4 aliphatic carbocycles. The van der Waals surface area contributed by atoms with Gasteiger partial charge < -0.3 is 15.3 Å². The van der Waals surface area contributed by atoms with Gasteiger partial charge in [0.1, 0.15) is 0 Å². The number of hydrogen-bond donors (Lipinski definition) is 3. The van der Waals surface area contributed by atoms with E-state index in [1.54, 1.807) is 0 Å². The SMILES string of the molecule is CC(CCC(=O)O)[C@H]1CCC2C3C(CCC21C)C1(C)CC[C@@H](O)CC1C[C@@H]3O. The third kappa shape index (κ3) is 3.14. The summed E-state index contributed by atoms with van der Waals surface area (Å²) in [7, 11) is 0. The summed E-state index contributed by atoms with van der Waals surface area (Å²) in [6.45, 7) is 7.16. The van der Waals surface area contributed by atoms with Crippen molar-refractivity contribution in [1.29, 1.82) is 0 Å². The molecule has 4 heteroatoms. The van der Waals surface area contributed by atoms with E-state index in [0.29, 0.717) is 35.5 Å². The summed E-state index contributed by atoms with van der Waals surface area (Å²) in [5, 5.41) is 30.5. The van der Waals surface area contributed by atoms with E-state index in [-0.39, 0.29) is 29.5 Å². The van der Waals surface area contributed by atoms with Crippen LogP contribution in [-0.2, 0) is 4.79 Å². The lowest BCUT2D eigenvalue weighted by atomic mass is 9.43. The Kier molecular flexibility index (Phi) is 5.36. The van der Waals surface area contributed by atoms with Crippen LogP contribution in [-0.4, -0.2) is 33.5 Å². The van der Waals surface area contributed by atoms with Crippen LogP contribution in [0.1, 0.15) is 85.0 Å². The molecule has 4 fully saturated rings. The highest BCUT2D eigenvalue weighted by Crippen LogP contribution is 2.68. The average molecular weight is 393 g/mol. The fourth-order valence-electron chi connectivity index (χ4n) is 8.73. The quantitative estimate of drug-likeness (QED) is 0.659. The van der Waals surface area contributed by atoms with Gasteiger partial charge in [0.05, 0.1) is 12.2 Å². The van der Waals surface area contributed by atoms with Gasteiger partial charge in [-0.2, -0.15) is 0 Å². The Hall–Kier alpha value is -0.610. The van der Waals surface area contributed by atoms with Crippen LogP contribution in [0.25, 0.3) is 0 Å². The van der Waals surface area contributed by atoms with Crippen LogP contribution in [0.3, 0.4) is 0 Å². The highest BCUT2D eigenvalue weighted by atomic mass is 16.4. The molecule has 0 spiro atoms. The fourth-order valence-corrected chi connectivity index (χ4v) is 8.73. The van der Waals surface area contributed by atoms with Crippen molar-refractivity contribution in [2.45, 2.75) is 97.2 Å². The number of aliphatic hydroxyl groups excluding tert-OH is 2. The molecule has 0 amide bonds. The van der Waals surface area contributed by atoms with Crippen molar-refractivity contribution in [3.8, 4) is 0 Å². The molecule has 160 valence electrons. The zero-order valence-corrected chi connectivity index (χ0v) is 17.9. The first kappa shape index (κ1) is 20.7.